The van der Waals surface area contributed by atoms with Crippen molar-refractivity contribution in [1.29, 1.82) is 0 Å². The van der Waals surface area contributed by atoms with Crippen LogP contribution in [-0.2, 0) is 4.79 Å². The number of hydrogen-bond acceptors (Lipinski definition) is 2. The van der Waals surface area contributed by atoms with Crippen molar-refractivity contribution in [3.05, 3.63) is 23.9 Å². The average Bonchev–Trinajstić information content (AvgIpc) is 1.90. The van der Waals surface area contributed by atoms with E-state index in [1.54, 1.807) is 18.4 Å². The van der Waals surface area contributed by atoms with E-state index in [-0.39, 0.29) is 0 Å². The van der Waals surface area contributed by atoms with Crippen molar-refractivity contribution >= 4 is 5.97 Å². The third kappa shape index (κ3) is 1.32. The molecule has 0 saturated carbocycles. The van der Waals surface area contributed by atoms with Crippen LogP contribution in [0.25, 0.3) is 0 Å². The van der Waals surface area contributed by atoms with Gasteiger partial charge >= 0.3 is 5.97 Å². The first-order chi connectivity index (χ1) is 4.30. The topological polar surface area (TPSA) is 49.3 Å². The van der Waals surface area contributed by atoms with Gasteiger partial charge in [0, 0.05) is 6.54 Å². The van der Waals surface area contributed by atoms with Crippen LogP contribution in [0.2, 0.25) is 0 Å². The first kappa shape index (κ1) is 5.88. The summed E-state index contributed by atoms with van der Waals surface area (Å²) in [4.78, 5) is 10.2. The molecule has 0 aromatic carbocycles. The molecule has 0 aromatic heterocycles. The summed E-state index contributed by atoms with van der Waals surface area (Å²) in [6.07, 6.45) is 4.97. The lowest BCUT2D eigenvalue weighted by Gasteiger charge is -2.04. The Kier molecular flexibility index (Phi) is 1.53. The second-order valence-electron chi connectivity index (χ2n) is 1.74. The van der Waals surface area contributed by atoms with E-state index in [2.05, 4.69) is 5.32 Å². The van der Waals surface area contributed by atoms with Crippen molar-refractivity contribution in [1.82, 2.24) is 5.32 Å². The molecule has 1 heterocycles. The molecule has 0 bridgehead atoms. The maximum atomic E-state index is 10.2. The second-order valence-corrected chi connectivity index (χ2v) is 1.74. The van der Waals surface area contributed by atoms with E-state index in [1.165, 1.54) is 0 Å². The third-order valence-corrected chi connectivity index (χ3v) is 1.08. The second kappa shape index (κ2) is 2.35. The van der Waals surface area contributed by atoms with Crippen LogP contribution >= 0.6 is 0 Å². The fourth-order valence-corrected chi connectivity index (χ4v) is 0.607. The largest absolute Gasteiger partial charge is 0.478 e. The van der Waals surface area contributed by atoms with Crippen molar-refractivity contribution in [3.8, 4) is 0 Å². The van der Waals surface area contributed by atoms with Gasteiger partial charge in [0.2, 0.25) is 0 Å². The van der Waals surface area contributed by atoms with Gasteiger partial charge in [0.25, 0.3) is 0 Å². The molecule has 1 rings (SSSR count). The molecule has 0 saturated heterocycles. The predicted molar refractivity (Wildman–Crippen MR) is 32.9 cm³/mol. The highest BCUT2D eigenvalue weighted by atomic mass is 16.4. The Balaban J connectivity index is 2.68. The van der Waals surface area contributed by atoms with Crippen molar-refractivity contribution in [2.75, 3.05) is 6.54 Å². The summed E-state index contributed by atoms with van der Waals surface area (Å²) in [5.41, 5.74) is 0.400. The highest BCUT2D eigenvalue weighted by molar-refractivity contribution is 5.87. The van der Waals surface area contributed by atoms with Crippen LogP contribution in [0.4, 0.5) is 0 Å². The zero-order chi connectivity index (χ0) is 6.69. The van der Waals surface area contributed by atoms with Gasteiger partial charge in [-0.15, -0.1) is 0 Å². The average molecular weight is 125 g/mol. The van der Waals surface area contributed by atoms with Crippen molar-refractivity contribution in [2.24, 2.45) is 0 Å². The predicted octanol–water partition coefficient (Wildman–Crippen LogP) is 0.114. The SMILES string of the molecule is O=C(O)C1=CC=CNC1. The highest BCUT2D eigenvalue weighted by Crippen LogP contribution is 1.96. The van der Waals surface area contributed by atoms with Crippen LogP contribution < -0.4 is 5.32 Å². The number of hydrogen-bond donors (Lipinski definition) is 2. The van der Waals surface area contributed by atoms with E-state index in [4.69, 9.17) is 5.11 Å². The summed E-state index contributed by atoms with van der Waals surface area (Å²) in [7, 11) is 0. The van der Waals surface area contributed by atoms with E-state index in [0.717, 1.165) is 0 Å². The molecule has 0 aliphatic carbocycles. The van der Waals surface area contributed by atoms with Crippen molar-refractivity contribution in [2.45, 2.75) is 0 Å². The Morgan fingerprint density at radius 1 is 1.78 bits per heavy atom. The van der Waals surface area contributed by atoms with Gasteiger partial charge in [0.15, 0.2) is 0 Å². The summed E-state index contributed by atoms with van der Waals surface area (Å²) < 4.78 is 0. The Labute approximate surface area is 52.7 Å². The maximum absolute atomic E-state index is 10.2. The summed E-state index contributed by atoms with van der Waals surface area (Å²) in [6, 6.07) is 0. The lowest BCUT2D eigenvalue weighted by Crippen LogP contribution is -2.17. The lowest BCUT2D eigenvalue weighted by molar-refractivity contribution is -0.132. The van der Waals surface area contributed by atoms with Gasteiger partial charge < -0.3 is 10.4 Å². The highest BCUT2D eigenvalue weighted by Gasteiger charge is 2.05. The Morgan fingerprint density at radius 2 is 2.56 bits per heavy atom. The van der Waals surface area contributed by atoms with E-state index < -0.39 is 5.97 Å². The van der Waals surface area contributed by atoms with Crippen LogP contribution in [0, 0.1) is 0 Å². The number of carboxylic acids is 1. The Hall–Kier alpha value is -1.25. The smallest absolute Gasteiger partial charge is 0.333 e. The third-order valence-electron chi connectivity index (χ3n) is 1.08. The molecular weight excluding hydrogens is 118 g/mol. The van der Waals surface area contributed by atoms with E-state index in [1.807, 2.05) is 0 Å². The van der Waals surface area contributed by atoms with Crippen LogP contribution in [-0.4, -0.2) is 17.6 Å². The molecule has 0 radical (unpaired) electrons. The zero-order valence-electron chi connectivity index (χ0n) is 4.79. The maximum Gasteiger partial charge on any atom is 0.333 e. The molecule has 0 amide bonds. The summed E-state index contributed by atoms with van der Waals surface area (Å²) in [5.74, 6) is -0.855. The molecule has 0 unspecified atom stereocenters. The number of dihydropyridines is 1. The number of aliphatic carboxylic acids is 1. The Bertz CT molecular complexity index is 181. The molecule has 3 heteroatoms. The zero-order valence-corrected chi connectivity index (χ0v) is 4.79. The first-order valence-corrected chi connectivity index (χ1v) is 2.63. The summed E-state index contributed by atoms with van der Waals surface area (Å²) in [5, 5.41) is 11.2. The molecule has 1 aliphatic heterocycles. The quantitative estimate of drug-likeness (QED) is 0.523. The van der Waals surface area contributed by atoms with E-state index >= 15 is 0 Å². The van der Waals surface area contributed by atoms with Crippen molar-refractivity contribution < 1.29 is 9.90 Å². The molecule has 0 aromatic rings. The Morgan fingerprint density at radius 3 is 2.89 bits per heavy atom. The molecule has 9 heavy (non-hydrogen) atoms. The summed E-state index contributed by atoms with van der Waals surface area (Å²) >= 11 is 0. The number of rotatable bonds is 1. The van der Waals surface area contributed by atoms with Gasteiger partial charge in [-0.25, -0.2) is 4.79 Å². The minimum Gasteiger partial charge on any atom is -0.478 e. The minimum absolute atomic E-state index is 0.400. The van der Waals surface area contributed by atoms with Gasteiger partial charge in [-0.05, 0) is 18.4 Å². The standard InChI is InChI=1S/C6H7NO2/c8-6(9)5-2-1-3-7-4-5/h1-3,7H,4H2,(H,8,9). The fourth-order valence-electron chi connectivity index (χ4n) is 0.607. The van der Waals surface area contributed by atoms with Crippen LogP contribution in [0.15, 0.2) is 23.9 Å². The number of carbonyl (C=O) groups is 1. The monoisotopic (exact) mass is 125 g/mol. The van der Waals surface area contributed by atoms with E-state index in [0.29, 0.717) is 12.1 Å². The van der Waals surface area contributed by atoms with Gasteiger partial charge in [0.1, 0.15) is 0 Å². The molecule has 3 nitrogen and oxygen atoms in total. The summed E-state index contributed by atoms with van der Waals surface area (Å²) in [6.45, 7) is 0.422. The number of carboxylic acid groups (broad SMARTS) is 1. The number of nitrogens with one attached hydrogen (secondary N) is 1. The minimum atomic E-state index is -0.855. The molecule has 0 spiro atoms. The molecule has 2 N–H and O–H groups in total. The molecule has 0 fully saturated rings. The molecule has 0 atom stereocenters. The van der Waals surface area contributed by atoms with Gasteiger partial charge in [-0.3, -0.25) is 0 Å². The van der Waals surface area contributed by atoms with Crippen molar-refractivity contribution in [3.63, 3.8) is 0 Å². The van der Waals surface area contributed by atoms with Gasteiger partial charge in [0.05, 0.1) is 5.57 Å². The van der Waals surface area contributed by atoms with E-state index in [9.17, 15) is 4.79 Å². The molecule has 48 valence electrons. The number of allylic oxidation sites excluding steroid dienone is 2. The lowest BCUT2D eigenvalue weighted by atomic mass is 10.2. The first-order valence-electron chi connectivity index (χ1n) is 2.63. The van der Waals surface area contributed by atoms with Gasteiger partial charge in [-0.2, -0.15) is 0 Å². The molecule has 1 aliphatic rings. The van der Waals surface area contributed by atoms with Crippen LogP contribution in [0.5, 0.6) is 0 Å². The molecular formula is C6H7NO2. The fraction of sp³-hybridized carbons (Fsp3) is 0.167. The van der Waals surface area contributed by atoms with Crippen LogP contribution in [0.3, 0.4) is 0 Å². The van der Waals surface area contributed by atoms with Crippen LogP contribution in [0.1, 0.15) is 0 Å². The van der Waals surface area contributed by atoms with Gasteiger partial charge in [-0.1, -0.05) is 0 Å². The normalized spacial score (nSPS) is 16.2.